The lowest BCUT2D eigenvalue weighted by atomic mass is 10.0. The molecule has 1 amide bonds. The molecule has 0 unspecified atom stereocenters. The number of pyridine rings is 1. The summed E-state index contributed by atoms with van der Waals surface area (Å²) in [7, 11) is 0. The fourth-order valence-corrected chi connectivity index (χ4v) is 4.16. The van der Waals surface area contributed by atoms with Crippen molar-refractivity contribution in [3.63, 3.8) is 0 Å². The van der Waals surface area contributed by atoms with Crippen molar-refractivity contribution in [2.45, 2.75) is 25.8 Å². The number of hydrogen-bond acceptors (Lipinski definition) is 5. The van der Waals surface area contributed by atoms with E-state index in [1.165, 1.54) is 6.20 Å². The Hall–Kier alpha value is -3.00. The van der Waals surface area contributed by atoms with Crippen LogP contribution in [0.15, 0.2) is 41.4 Å². The molecule has 4 rings (SSSR count). The molecule has 0 aromatic carbocycles. The van der Waals surface area contributed by atoms with Gasteiger partial charge in [-0.3, -0.25) is 14.5 Å². The summed E-state index contributed by atoms with van der Waals surface area (Å²) in [6.07, 6.45) is 4.41. The van der Waals surface area contributed by atoms with Crippen LogP contribution >= 0.6 is 11.3 Å². The number of rotatable bonds is 4. The minimum absolute atomic E-state index is 0.00740. The van der Waals surface area contributed by atoms with Crippen LogP contribution in [0.3, 0.4) is 0 Å². The summed E-state index contributed by atoms with van der Waals surface area (Å²) in [6.45, 7) is 3.09. The molecule has 1 saturated heterocycles. The van der Waals surface area contributed by atoms with E-state index in [0.717, 1.165) is 29.8 Å². The maximum Gasteiger partial charge on any atom is 0.338 e. The number of carboxylic acid groups (broad SMARTS) is 1. The molecule has 8 heteroatoms. The largest absolute Gasteiger partial charge is 0.478 e. The maximum absolute atomic E-state index is 12.9. The highest BCUT2D eigenvalue weighted by Crippen LogP contribution is 2.25. The first-order chi connectivity index (χ1) is 13.5. The van der Waals surface area contributed by atoms with Crippen molar-refractivity contribution >= 4 is 23.2 Å². The molecule has 0 aliphatic carbocycles. The Balaban J connectivity index is 1.43. The molecule has 7 nitrogen and oxygen atoms in total. The number of thiophene rings is 1. The Morgan fingerprint density at radius 2 is 2.00 bits per heavy atom. The Bertz CT molecular complexity index is 1000. The highest BCUT2D eigenvalue weighted by atomic mass is 32.1. The third-order valence-electron chi connectivity index (χ3n) is 5.11. The number of amides is 1. The van der Waals surface area contributed by atoms with Gasteiger partial charge in [-0.2, -0.15) is 16.4 Å². The predicted molar refractivity (Wildman–Crippen MR) is 106 cm³/mol. The first-order valence-electron chi connectivity index (χ1n) is 9.10. The van der Waals surface area contributed by atoms with Gasteiger partial charge >= 0.3 is 5.97 Å². The number of aryl methyl sites for hydroxylation is 1. The lowest BCUT2D eigenvalue weighted by Crippen LogP contribution is -2.39. The standard InChI is InChI=1S/C20H20N4O3S/c1-13-17(2-3-18(22-13)14-6-9-28-12-14)19(25)23-7-4-16(5-8-23)24-11-15(10-21-24)20(26)27/h2-3,6,9-12,16H,4-5,7-8H2,1H3,(H,26,27). The summed E-state index contributed by atoms with van der Waals surface area (Å²) in [6, 6.07) is 5.88. The number of carbonyl (C=O) groups excluding carboxylic acids is 1. The number of aromatic nitrogens is 3. The van der Waals surface area contributed by atoms with E-state index in [4.69, 9.17) is 5.11 Å². The molecule has 1 fully saturated rings. The second kappa shape index (κ2) is 7.55. The average Bonchev–Trinajstić information content (AvgIpc) is 3.40. The van der Waals surface area contributed by atoms with Crippen molar-refractivity contribution in [2.24, 2.45) is 0 Å². The topological polar surface area (TPSA) is 88.3 Å². The van der Waals surface area contributed by atoms with Crippen LogP contribution in [0.25, 0.3) is 11.3 Å². The van der Waals surface area contributed by atoms with Crippen molar-refractivity contribution < 1.29 is 14.7 Å². The van der Waals surface area contributed by atoms with E-state index in [-0.39, 0.29) is 17.5 Å². The normalized spacial score (nSPS) is 15.0. The molecule has 1 aliphatic heterocycles. The highest BCUT2D eigenvalue weighted by Gasteiger charge is 2.26. The first kappa shape index (κ1) is 18.4. The number of carbonyl (C=O) groups is 2. The van der Waals surface area contributed by atoms with E-state index in [9.17, 15) is 9.59 Å². The van der Waals surface area contributed by atoms with Crippen molar-refractivity contribution in [1.82, 2.24) is 19.7 Å². The summed E-state index contributed by atoms with van der Waals surface area (Å²) in [4.78, 5) is 30.4. The van der Waals surface area contributed by atoms with Gasteiger partial charge in [0.1, 0.15) is 0 Å². The SMILES string of the molecule is Cc1nc(-c2ccsc2)ccc1C(=O)N1CCC(n2cc(C(=O)O)cn2)CC1. The van der Waals surface area contributed by atoms with Crippen LogP contribution in [-0.2, 0) is 0 Å². The summed E-state index contributed by atoms with van der Waals surface area (Å²) in [5.41, 5.74) is 3.49. The molecule has 1 aliphatic rings. The van der Waals surface area contributed by atoms with Gasteiger partial charge in [0.05, 0.1) is 34.8 Å². The van der Waals surface area contributed by atoms with Gasteiger partial charge in [0.25, 0.3) is 5.91 Å². The quantitative estimate of drug-likeness (QED) is 0.729. The van der Waals surface area contributed by atoms with Gasteiger partial charge < -0.3 is 10.0 Å². The number of carboxylic acids is 1. The summed E-state index contributed by atoms with van der Waals surface area (Å²) >= 11 is 1.62. The Morgan fingerprint density at radius 1 is 1.21 bits per heavy atom. The lowest BCUT2D eigenvalue weighted by molar-refractivity contribution is 0.0687. The van der Waals surface area contributed by atoms with Crippen molar-refractivity contribution in [3.05, 3.63) is 58.2 Å². The Kier molecular flexibility index (Phi) is 4.95. The monoisotopic (exact) mass is 396 g/mol. The number of aromatic carboxylic acids is 1. The number of likely N-dealkylation sites (tertiary alicyclic amines) is 1. The van der Waals surface area contributed by atoms with Crippen molar-refractivity contribution in [1.29, 1.82) is 0 Å². The summed E-state index contributed by atoms with van der Waals surface area (Å²) in [5.74, 6) is -0.986. The second-order valence-corrected chi connectivity index (χ2v) is 7.66. The summed E-state index contributed by atoms with van der Waals surface area (Å²) < 4.78 is 1.70. The van der Waals surface area contributed by atoms with Crippen LogP contribution in [-0.4, -0.2) is 49.7 Å². The zero-order chi connectivity index (χ0) is 19.7. The fourth-order valence-electron chi connectivity index (χ4n) is 3.51. The van der Waals surface area contributed by atoms with E-state index in [1.54, 1.807) is 22.2 Å². The molecule has 3 aromatic heterocycles. The molecular weight excluding hydrogens is 376 g/mol. The zero-order valence-electron chi connectivity index (χ0n) is 15.4. The van der Waals surface area contributed by atoms with Gasteiger partial charge in [-0.1, -0.05) is 0 Å². The number of hydrogen-bond donors (Lipinski definition) is 1. The van der Waals surface area contributed by atoms with E-state index >= 15 is 0 Å². The minimum atomic E-state index is -0.979. The average molecular weight is 396 g/mol. The van der Waals surface area contributed by atoms with Crippen LogP contribution in [0.2, 0.25) is 0 Å². The Morgan fingerprint density at radius 3 is 2.61 bits per heavy atom. The zero-order valence-corrected chi connectivity index (χ0v) is 16.2. The molecule has 0 spiro atoms. The van der Waals surface area contributed by atoms with E-state index in [0.29, 0.717) is 18.7 Å². The Labute approximate surface area is 166 Å². The maximum atomic E-state index is 12.9. The predicted octanol–water partition coefficient (Wildman–Crippen LogP) is 3.49. The van der Waals surface area contributed by atoms with Crippen LogP contribution < -0.4 is 0 Å². The number of nitrogens with zero attached hydrogens (tertiary/aromatic N) is 4. The molecule has 0 atom stereocenters. The molecule has 3 aromatic rings. The lowest BCUT2D eigenvalue weighted by Gasteiger charge is -2.32. The third-order valence-corrected chi connectivity index (χ3v) is 5.79. The third kappa shape index (κ3) is 3.55. The van der Waals surface area contributed by atoms with Crippen LogP contribution in [0.1, 0.15) is 45.3 Å². The van der Waals surface area contributed by atoms with Gasteiger partial charge in [0.2, 0.25) is 0 Å². The molecule has 4 heterocycles. The fraction of sp³-hybridized carbons (Fsp3) is 0.300. The highest BCUT2D eigenvalue weighted by molar-refractivity contribution is 7.08. The molecule has 1 N–H and O–H groups in total. The molecule has 0 radical (unpaired) electrons. The van der Waals surface area contributed by atoms with Crippen LogP contribution in [0, 0.1) is 6.92 Å². The van der Waals surface area contributed by atoms with Gasteiger partial charge in [-0.25, -0.2) is 4.79 Å². The van der Waals surface area contributed by atoms with Gasteiger partial charge in [-0.05, 0) is 43.3 Å². The molecule has 144 valence electrons. The van der Waals surface area contributed by atoms with Crippen molar-refractivity contribution in [3.8, 4) is 11.3 Å². The molecule has 28 heavy (non-hydrogen) atoms. The smallest absolute Gasteiger partial charge is 0.338 e. The molecular formula is C20H20N4O3S. The van der Waals surface area contributed by atoms with Gasteiger partial charge in [-0.15, -0.1) is 0 Å². The molecule has 0 bridgehead atoms. The van der Waals surface area contributed by atoms with Crippen LogP contribution in [0.5, 0.6) is 0 Å². The summed E-state index contributed by atoms with van der Waals surface area (Å²) in [5, 5.41) is 17.2. The van der Waals surface area contributed by atoms with Crippen LogP contribution in [0.4, 0.5) is 0 Å². The minimum Gasteiger partial charge on any atom is -0.478 e. The van der Waals surface area contributed by atoms with E-state index < -0.39 is 5.97 Å². The van der Waals surface area contributed by atoms with Gasteiger partial charge in [0.15, 0.2) is 0 Å². The molecule has 0 saturated carbocycles. The van der Waals surface area contributed by atoms with E-state index in [2.05, 4.69) is 10.1 Å². The van der Waals surface area contributed by atoms with Gasteiger partial charge in [0, 0.05) is 30.2 Å². The second-order valence-electron chi connectivity index (χ2n) is 6.88. The first-order valence-corrected chi connectivity index (χ1v) is 10.0. The van der Waals surface area contributed by atoms with E-state index in [1.807, 2.05) is 40.8 Å². The number of piperidine rings is 1. The van der Waals surface area contributed by atoms with Crippen molar-refractivity contribution in [2.75, 3.05) is 13.1 Å².